The van der Waals surface area contributed by atoms with Gasteiger partial charge in [0.2, 0.25) is 11.8 Å². The fourth-order valence-corrected chi connectivity index (χ4v) is 9.61. The summed E-state index contributed by atoms with van der Waals surface area (Å²) in [6, 6.07) is 6.45. The maximum absolute atomic E-state index is 15.5. The highest BCUT2D eigenvalue weighted by atomic mass is 79.9. The number of amides is 2. The van der Waals surface area contributed by atoms with Gasteiger partial charge in [-0.25, -0.2) is 32.5 Å². The first kappa shape index (κ1) is 47.0. The third-order valence-corrected chi connectivity index (χ3v) is 13.5. The van der Waals surface area contributed by atoms with Crippen molar-refractivity contribution in [3.05, 3.63) is 75.4 Å². The van der Waals surface area contributed by atoms with Crippen molar-refractivity contribution in [2.75, 3.05) is 117 Å². The molecule has 4 aliphatic rings. The predicted octanol–water partition coefficient (Wildman–Crippen LogP) is 7.33. The number of benzene rings is 2. The lowest BCUT2D eigenvalue weighted by molar-refractivity contribution is -0.133. The quantitative estimate of drug-likeness (QED) is 0.157. The van der Waals surface area contributed by atoms with Gasteiger partial charge in [0.15, 0.2) is 5.82 Å². The maximum Gasteiger partial charge on any atom is 0.242 e. The van der Waals surface area contributed by atoms with Gasteiger partial charge in [0.25, 0.3) is 0 Å². The van der Waals surface area contributed by atoms with Crippen LogP contribution in [0.15, 0.2) is 41.0 Å². The fourth-order valence-electron chi connectivity index (χ4n) is 9.04. The molecule has 3 aromatic heterocycles. The lowest BCUT2D eigenvalue weighted by atomic mass is 10.1. The van der Waals surface area contributed by atoms with E-state index >= 15 is 4.39 Å². The number of anilines is 6. The summed E-state index contributed by atoms with van der Waals surface area (Å²) in [7, 11) is 0. The maximum atomic E-state index is 15.5. The summed E-state index contributed by atoms with van der Waals surface area (Å²) in [5.74, 6) is -0.889. The van der Waals surface area contributed by atoms with Crippen LogP contribution in [0.2, 0.25) is 0 Å². The van der Waals surface area contributed by atoms with Crippen molar-refractivity contribution >= 4 is 84.1 Å². The van der Waals surface area contributed by atoms with Gasteiger partial charge in [-0.05, 0) is 63.5 Å². The average Bonchev–Trinajstić information content (AvgIpc) is 3.28. The van der Waals surface area contributed by atoms with E-state index in [0.717, 1.165) is 42.3 Å². The first-order valence-electron chi connectivity index (χ1n) is 22.3. The molecule has 0 bridgehead atoms. The number of pyridine rings is 3. The lowest BCUT2D eigenvalue weighted by Crippen LogP contribution is -2.53. The topological polar surface area (TPSA) is 123 Å². The van der Waals surface area contributed by atoms with Gasteiger partial charge in [-0.1, -0.05) is 0 Å². The molecule has 14 nitrogen and oxygen atoms in total. The van der Waals surface area contributed by atoms with E-state index in [9.17, 15) is 22.8 Å². The van der Waals surface area contributed by atoms with Crippen LogP contribution in [0.4, 0.5) is 52.1 Å². The molecule has 7 heterocycles. The summed E-state index contributed by atoms with van der Waals surface area (Å²) < 4.78 is 69.3. The Balaban J connectivity index is 0.000000209. The SMILES string of the molecule is Cc1c(N2CCN(C(C)C)C(=O)C2)nc2cc(F)cc(F)c2c1Br.Cc1c(N2CCN(C(C)C)C(=O)C2)nc2cc(F)cc(F)c2c1Nc1cc(N2CCOCC2)cnc1N1CCOCC1. The van der Waals surface area contributed by atoms with Gasteiger partial charge in [0.1, 0.15) is 34.9 Å². The van der Waals surface area contributed by atoms with Gasteiger partial charge >= 0.3 is 0 Å². The largest absolute Gasteiger partial charge is 0.378 e. The Morgan fingerprint density at radius 2 is 1.09 bits per heavy atom. The summed E-state index contributed by atoms with van der Waals surface area (Å²) in [6.45, 7) is 19.6. The van der Waals surface area contributed by atoms with Gasteiger partial charge in [-0.2, -0.15) is 0 Å². The molecule has 2 aromatic carbocycles. The molecule has 0 unspecified atom stereocenters. The van der Waals surface area contributed by atoms with Crippen LogP contribution in [0, 0.1) is 37.1 Å². The minimum atomic E-state index is -0.709. The van der Waals surface area contributed by atoms with Gasteiger partial charge in [-0.15, -0.1) is 0 Å². The molecule has 4 fully saturated rings. The molecule has 66 heavy (non-hydrogen) atoms. The average molecular weight is 980 g/mol. The van der Waals surface area contributed by atoms with Crippen molar-refractivity contribution in [2.24, 2.45) is 0 Å². The summed E-state index contributed by atoms with van der Waals surface area (Å²) in [6.07, 6.45) is 1.86. The second kappa shape index (κ2) is 19.7. The Bertz CT molecular complexity index is 2650. The van der Waals surface area contributed by atoms with E-state index in [-0.39, 0.29) is 58.8 Å². The molecular weight excluding hydrogens is 924 g/mol. The van der Waals surface area contributed by atoms with Crippen LogP contribution in [0.5, 0.6) is 0 Å². The second-order valence-corrected chi connectivity index (χ2v) is 18.3. The Morgan fingerprint density at radius 1 is 0.606 bits per heavy atom. The number of hydrogen-bond donors (Lipinski definition) is 1. The monoisotopic (exact) mass is 978 g/mol. The molecular formula is C47H55BrF4N10O4. The Morgan fingerprint density at radius 3 is 1.61 bits per heavy atom. The van der Waals surface area contributed by atoms with Gasteiger partial charge in [0, 0.05) is 104 Å². The molecule has 5 aromatic rings. The number of ether oxygens (including phenoxy) is 2. The molecule has 19 heteroatoms. The molecule has 352 valence electrons. The molecule has 2 amide bonds. The predicted molar refractivity (Wildman–Crippen MR) is 252 cm³/mol. The van der Waals surface area contributed by atoms with Crippen LogP contribution in [0.25, 0.3) is 21.8 Å². The lowest BCUT2D eigenvalue weighted by Gasteiger charge is -2.38. The molecule has 0 saturated carbocycles. The number of morpholine rings is 2. The third-order valence-electron chi connectivity index (χ3n) is 12.5. The highest BCUT2D eigenvalue weighted by Gasteiger charge is 2.31. The number of carbonyl (C=O) groups excluding carboxylic acids is 2. The Kier molecular flexibility index (Phi) is 14.1. The number of piperazine rings is 2. The molecule has 0 aliphatic carbocycles. The molecule has 9 rings (SSSR count). The van der Waals surface area contributed by atoms with Crippen molar-refractivity contribution in [2.45, 2.75) is 53.6 Å². The van der Waals surface area contributed by atoms with Crippen molar-refractivity contribution in [1.29, 1.82) is 0 Å². The molecule has 0 spiro atoms. The van der Waals surface area contributed by atoms with E-state index < -0.39 is 23.3 Å². The number of rotatable bonds is 8. The summed E-state index contributed by atoms with van der Waals surface area (Å²) in [5.41, 5.74) is 3.92. The normalized spacial score (nSPS) is 17.4. The Hall–Kier alpha value is -5.53. The number of nitrogens with zero attached hydrogens (tertiary/aromatic N) is 9. The van der Waals surface area contributed by atoms with Gasteiger partial charge < -0.3 is 44.2 Å². The molecule has 4 saturated heterocycles. The van der Waals surface area contributed by atoms with Gasteiger partial charge in [-0.3, -0.25) is 9.59 Å². The summed E-state index contributed by atoms with van der Waals surface area (Å²) >= 11 is 3.40. The van der Waals surface area contributed by atoms with Crippen LogP contribution in [-0.4, -0.2) is 141 Å². The first-order chi connectivity index (χ1) is 31.6. The fraction of sp³-hybridized carbons (Fsp3) is 0.468. The minimum Gasteiger partial charge on any atom is -0.378 e. The zero-order valence-electron chi connectivity index (χ0n) is 38.1. The second-order valence-electron chi connectivity index (χ2n) is 17.5. The minimum absolute atomic E-state index is 0.00510. The van der Waals surface area contributed by atoms with Crippen LogP contribution in [0.3, 0.4) is 0 Å². The number of hydrogen-bond acceptors (Lipinski definition) is 12. The number of halogens is 5. The summed E-state index contributed by atoms with van der Waals surface area (Å²) in [4.78, 5) is 51.1. The molecule has 0 radical (unpaired) electrons. The molecule has 1 N–H and O–H groups in total. The number of carbonyl (C=O) groups is 2. The van der Waals surface area contributed by atoms with E-state index in [1.807, 2.05) is 73.4 Å². The first-order valence-corrected chi connectivity index (χ1v) is 23.1. The zero-order valence-corrected chi connectivity index (χ0v) is 39.7. The van der Waals surface area contributed by atoms with E-state index in [2.05, 4.69) is 36.0 Å². The van der Waals surface area contributed by atoms with E-state index in [1.54, 1.807) is 0 Å². The smallest absolute Gasteiger partial charge is 0.242 e. The van der Waals surface area contributed by atoms with Crippen LogP contribution in [0.1, 0.15) is 38.8 Å². The standard InChI is InChI=1S/C30H37F2N7O3.C17H18BrF2N3O/c1-19(2)39-5-4-38(18-26(39)40)29-20(3)28(27-23(32)14-21(31)15-24(27)35-29)34-25-16-22(36-6-10-41-11-7-36)17-33-30(25)37-8-12-42-13-9-37;1-9(2)23-5-4-22(8-14(23)24)17-10(3)16(18)15-12(20)6-11(19)7-13(15)21-17/h14-17,19H,4-13,18H2,1-3H3,(H,34,35);6-7,9H,4-5,8H2,1-3H3. The third kappa shape index (κ3) is 9.65. The van der Waals surface area contributed by atoms with Crippen molar-refractivity contribution in [3.63, 3.8) is 0 Å². The van der Waals surface area contributed by atoms with Crippen LogP contribution >= 0.6 is 15.9 Å². The molecule has 0 atom stereocenters. The van der Waals surface area contributed by atoms with Crippen molar-refractivity contribution in [1.82, 2.24) is 24.8 Å². The van der Waals surface area contributed by atoms with E-state index in [4.69, 9.17) is 19.4 Å². The molecule has 4 aliphatic heterocycles. The van der Waals surface area contributed by atoms with Crippen LogP contribution in [-0.2, 0) is 19.1 Å². The van der Waals surface area contributed by atoms with Crippen LogP contribution < -0.4 is 24.9 Å². The highest BCUT2D eigenvalue weighted by Crippen LogP contribution is 2.40. The number of nitrogens with one attached hydrogen (secondary N) is 1. The van der Waals surface area contributed by atoms with Gasteiger partial charge in [0.05, 0.1) is 84.6 Å². The number of fused-ring (bicyclic) bond motifs is 2. The zero-order chi connectivity index (χ0) is 47.0. The number of aromatic nitrogens is 3. The Labute approximate surface area is 389 Å². The van der Waals surface area contributed by atoms with E-state index in [0.29, 0.717) is 98.7 Å². The van der Waals surface area contributed by atoms with Crippen molar-refractivity contribution in [3.8, 4) is 0 Å². The summed E-state index contributed by atoms with van der Waals surface area (Å²) in [5, 5.41) is 3.96. The van der Waals surface area contributed by atoms with E-state index in [1.165, 1.54) is 12.1 Å². The van der Waals surface area contributed by atoms with Crippen molar-refractivity contribution < 1.29 is 36.6 Å². The highest BCUT2D eigenvalue weighted by molar-refractivity contribution is 9.10.